The molecule has 0 radical (unpaired) electrons. The van der Waals surface area contributed by atoms with Gasteiger partial charge >= 0.3 is 0 Å². The SMILES string of the molecule is CS(=O)(=O)N(CC(=O)N(Cc1ccccc1F)[C@@H](Cc1ccccc1)C(=O)NC1CCCCC1)c1ccc(Cl)c(Cl)c1. The molecule has 0 bridgehead atoms. The first-order chi connectivity index (χ1) is 20.0. The summed E-state index contributed by atoms with van der Waals surface area (Å²) >= 11 is 12.2. The largest absolute Gasteiger partial charge is 0.352 e. The molecular weight excluding hydrogens is 600 g/mol. The summed E-state index contributed by atoms with van der Waals surface area (Å²) in [4.78, 5) is 29.3. The molecule has 0 spiro atoms. The molecule has 1 fully saturated rings. The molecule has 1 aliphatic rings. The van der Waals surface area contributed by atoms with E-state index >= 15 is 0 Å². The molecule has 7 nitrogen and oxygen atoms in total. The van der Waals surface area contributed by atoms with Crippen molar-refractivity contribution in [3.63, 3.8) is 0 Å². The number of sulfonamides is 1. The third kappa shape index (κ3) is 8.46. The zero-order valence-electron chi connectivity index (χ0n) is 23.3. The minimum atomic E-state index is -3.98. The number of halogens is 3. The van der Waals surface area contributed by atoms with Crippen LogP contribution >= 0.6 is 23.2 Å². The van der Waals surface area contributed by atoms with Crippen LogP contribution in [-0.2, 0) is 32.6 Å². The number of nitrogens with one attached hydrogen (secondary N) is 1. The molecule has 4 rings (SSSR count). The molecule has 1 N–H and O–H groups in total. The maximum Gasteiger partial charge on any atom is 0.244 e. The van der Waals surface area contributed by atoms with Crippen LogP contribution in [0.15, 0.2) is 72.8 Å². The van der Waals surface area contributed by atoms with Crippen molar-refractivity contribution < 1.29 is 22.4 Å². The van der Waals surface area contributed by atoms with Gasteiger partial charge in [-0.2, -0.15) is 0 Å². The van der Waals surface area contributed by atoms with Gasteiger partial charge in [-0.1, -0.05) is 91.0 Å². The zero-order valence-corrected chi connectivity index (χ0v) is 25.6. The lowest BCUT2D eigenvalue weighted by Gasteiger charge is -2.35. The lowest BCUT2D eigenvalue weighted by atomic mass is 9.94. The molecule has 1 saturated carbocycles. The van der Waals surface area contributed by atoms with Gasteiger partial charge in [0.15, 0.2) is 0 Å². The van der Waals surface area contributed by atoms with Gasteiger partial charge in [0, 0.05) is 24.6 Å². The summed E-state index contributed by atoms with van der Waals surface area (Å²) in [5.41, 5.74) is 1.14. The van der Waals surface area contributed by atoms with E-state index < -0.39 is 34.3 Å². The van der Waals surface area contributed by atoms with Crippen LogP contribution in [0.5, 0.6) is 0 Å². The number of hydrogen-bond acceptors (Lipinski definition) is 4. The van der Waals surface area contributed by atoms with E-state index in [1.54, 1.807) is 12.1 Å². The summed E-state index contributed by atoms with van der Waals surface area (Å²) in [7, 11) is -3.98. The van der Waals surface area contributed by atoms with E-state index in [0.29, 0.717) is 0 Å². The highest BCUT2D eigenvalue weighted by atomic mass is 35.5. The topological polar surface area (TPSA) is 86.8 Å². The fourth-order valence-electron chi connectivity index (χ4n) is 5.16. The summed E-state index contributed by atoms with van der Waals surface area (Å²) < 4.78 is 41.6. The molecule has 0 aromatic heterocycles. The summed E-state index contributed by atoms with van der Waals surface area (Å²) in [6.07, 6.45) is 5.91. The average molecular weight is 635 g/mol. The molecule has 42 heavy (non-hydrogen) atoms. The number of amides is 2. The van der Waals surface area contributed by atoms with E-state index in [0.717, 1.165) is 48.2 Å². The third-order valence-corrected chi connectivity index (χ3v) is 9.27. The van der Waals surface area contributed by atoms with Gasteiger partial charge in [-0.25, -0.2) is 12.8 Å². The van der Waals surface area contributed by atoms with Crippen molar-refractivity contribution in [2.45, 2.75) is 57.2 Å². The number of rotatable bonds is 11. The first-order valence-corrected chi connectivity index (χ1v) is 16.4. The molecule has 1 atom stereocenters. The van der Waals surface area contributed by atoms with E-state index in [4.69, 9.17) is 23.2 Å². The van der Waals surface area contributed by atoms with Gasteiger partial charge < -0.3 is 10.2 Å². The Hall–Kier alpha value is -3.14. The highest BCUT2D eigenvalue weighted by molar-refractivity contribution is 7.92. The van der Waals surface area contributed by atoms with Crippen molar-refractivity contribution in [2.75, 3.05) is 17.1 Å². The van der Waals surface area contributed by atoms with E-state index in [1.807, 2.05) is 30.3 Å². The predicted molar refractivity (Wildman–Crippen MR) is 165 cm³/mol. The Labute approximate surface area is 256 Å². The molecule has 3 aromatic rings. The molecule has 224 valence electrons. The van der Waals surface area contributed by atoms with Crippen molar-refractivity contribution in [1.29, 1.82) is 0 Å². The molecule has 1 aliphatic carbocycles. The molecule has 0 unspecified atom stereocenters. The highest BCUT2D eigenvalue weighted by Crippen LogP contribution is 2.29. The summed E-state index contributed by atoms with van der Waals surface area (Å²) in [5, 5.41) is 3.46. The van der Waals surface area contributed by atoms with Crippen LogP contribution in [0.4, 0.5) is 10.1 Å². The second-order valence-electron chi connectivity index (χ2n) is 10.5. The second kappa shape index (κ2) is 14.4. The number of anilines is 1. The highest BCUT2D eigenvalue weighted by Gasteiger charge is 2.34. The molecular formula is C31H34Cl2FN3O4S. The summed E-state index contributed by atoms with van der Waals surface area (Å²) in [6.45, 7) is -0.868. The van der Waals surface area contributed by atoms with Gasteiger partial charge in [0.1, 0.15) is 18.4 Å². The third-order valence-electron chi connectivity index (χ3n) is 7.39. The quantitative estimate of drug-likeness (QED) is 0.281. The Morgan fingerprint density at radius 3 is 2.26 bits per heavy atom. The van der Waals surface area contributed by atoms with Gasteiger partial charge in [-0.15, -0.1) is 0 Å². The Morgan fingerprint density at radius 2 is 1.62 bits per heavy atom. The maximum absolute atomic E-state index is 14.9. The minimum absolute atomic E-state index is 0.0290. The fourth-order valence-corrected chi connectivity index (χ4v) is 6.30. The van der Waals surface area contributed by atoms with Gasteiger partial charge in [0.2, 0.25) is 21.8 Å². The van der Waals surface area contributed by atoms with Gasteiger partial charge in [0.25, 0.3) is 0 Å². The number of hydrogen-bond donors (Lipinski definition) is 1. The monoisotopic (exact) mass is 633 g/mol. The van der Waals surface area contributed by atoms with Crippen LogP contribution in [0, 0.1) is 5.82 Å². The number of benzene rings is 3. The lowest BCUT2D eigenvalue weighted by molar-refractivity contribution is -0.140. The summed E-state index contributed by atoms with van der Waals surface area (Å²) in [5.74, 6) is -1.57. The van der Waals surface area contributed by atoms with Crippen molar-refractivity contribution in [3.05, 3.63) is 99.8 Å². The van der Waals surface area contributed by atoms with E-state index in [-0.39, 0.29) is 46.2 Å². The molecule has 0 heterocycles. The number of carbonyl (C=O) groups excluding carboxylic acids is 2. The van der Waals surface area contributed by atoms with Crippen molar-refractivity contribution >= 4 is 50.7 Å². The summed E-state index contributed by atoms with van der Waals surface area (Å²) in [6, 6.07) is 18.4. The smallest absolute Gasteiger partial charge is 0.244 e. The van der Waals surface area contributed by atoms with Crippen molar-refractivity contribution in [1.82, 2.24) is 10.2 Å². The van der Waals surface area contributed by atoms with Crippen LogP contribution in [0.25, 0.3) is 0 Å². The number of carbonyl (C=O) groups is 2. The Morgan fingerprint density at radius 1 is 0.952 bits per heavy atom. The van der Waals surface area contributed by atoms with Crippen LogP contribution in [0.1, 0.15) is 43.2 Å². The van der Waals surface area contributed by atoms with Crippen molar-refractivity contribution in [2.24, 2.45) is 0 Å². The predicted octanol–water partition coefficient (Wildman–Crippen LogP) is 5.99. The fraction of sp³-hybridized carbons (Fsp3) is 0.355. The Bertz CT molecular complexity index is 1500. The van der Waals surface area contributed by atoms with Crippen molar-refractivity contribution in [3.8, 4) is 0 Å². The average Bonchev–Trinajstić information content (AvgIpc) is 2.96. The Balaban J connectivity index is 1.74. The first-order valence-electron chi connectivity index (χ1n) is 13.8. The Kier molecular flexibility index (Phi) is 10.9. The van der Waals surface area contributed by atoms with E-state index in [1.165, 1.54) is 35.2 Å². The van der Waals surface area contributed by atoms with E-state index in [9.17, 15) is 22.4 Å². The second-order valence-corrected chi connectivity index (χ2v) is 13.3. The standard InChI is InChI=1S/C31H34Cl2FN3O4S/c1-42(40,41)37(25-16-17-26(32)27(33)19-25)21-30(38)36(20-23-12-8-9-15-28(23)34)29(18-22-10-4-2-5-11-22)31(39)35-24-13-6-3-7-14-24/h2,4-5,8-12,15-17,19,24,29H,3,6-7,13-14,18,20-21H2,1H3,(H,35,39)/t29-/m0/s1. The number of nitrogens with zero attached hydrogens (tertiary/aromatic N) is 2. The van der Waals surface area contributed by atoms with Crippen LogP contribution in [-0.4, -0.2) is 50.0 Å². The van der Waals surface area contributed by atoms with Gasteiger partial charge in [-0.05, 0) is 42.7 Å². The maximum atomic E-state index is 14.9. The molecule has 0 saturated heterocycles. The zero-order chi connectivity index (χ0) is 30.3. The van der Waals surface area contributed by atoms with Crippen LogP contribution in [0.2, 0.25) is 10.0 Å². The minimum Gasteiger partial charge on any atom is -0.352 e. The van der Waals surface area contributed by atoms with Crippen LogP contribution in [0.3, 0.4) is 0 Å². The van der Waals surface area contributed by atoms with Gasteiger partial charge in [-0.3, -0.25) is 13.9 Å². The molecule has 11 heteroatoms. The van der Waals surface area contributed by atoms with Gasteiger partial charge in [0.05, 0.1) is 22.0 Å². The molecule has 3 aromatic carbocycles. The molecule has 0 aliphatic heterocycles. The first kappa shape index (κ1) is 31.8. The lowest BCUT2D eigenvalue weighted by Crippen LogP contribution is -2.55. The van der Waals surface area contributed by atoms with Crippen LogP contribution < -0.4 is 9.62 Å². The molecule has 2 amide bonds. The normalized spacial score (nSPS) is 14.7. The van der Waals surface area contributed by atoms with E-state index in [2.05, 4.69) is 5.32 Å².